The van der Waals surface area contributed by atoms with E-state index in [1.165, 1.54) is 28.8 Å². The predicted octanol–water partition coefficient (Wildman–Crippen LogP) is 3.14. The number of hydrogen-bond donors (Lipinski definition) is 3. The van der Waals surface area contributed by atoms with E-state index in [-0.39, 0.29) is 23.6 Å². The molecule has 0 unspecified atom stereocenters. The molecule has 160 valence electrons. The number of benzene rings is 2. The summed E-state index contributed by atoms with van der Waals surface area (Å²) in [5, 5.41) is 9.66. The summed E-state index contributed by atoms with van der Waals surface area (Å²) in [6.45, 7) is 2.30. The highest BCUT2D eigenvalue weighted by atomic mass is 32.2. The van der Waals surface area contributed by atoms with Crippen LogP contribution in [0.5, 0.6) is 5.75 Å². The molecule has 31 heavy (non-hydrogen) atoms. The Bertz CT molecular complexity index is 1050. The van der Waals surface area contributed by atoms with Gasteiger partial charge in [0.1, 0.15) is 10.1 Å². The summed E-state index contributed by atoms with van der Waals surface area (Å²) >= 11 is 6.55. The third kappa shape index (κ3) is 5.93. The van der Waals surface area contributed by atoms with Crippen LogP contribution in [0.1, 0.15) is 34.3 Å². The Balaban J connectivity index is 1.46. The highest BCUT2D eigenvalue weighted by Crippen LogP contribution is 2.32. The molecule has 1 fully saturated rings. The Kier molecular flexibility index (Phi) is 7.43. The lowest BCUT2D eigenvalue weighted by atomic mass is 10.1. The Hall–Kier alpha value is -3.17. The minimum atomic E-state index is -0.621. The molecule has 0 spiro atoms. The van der Waals surface area contributed by atoms with Gasteiger partial charge in [0, 0.05) is 13.0 Å². The van der Waals surface area contributed by atoms with Gasteiger partial charge in [-0.3, -0.25) is 30.1 Å². The van der Waals surface area contributed by atoms with Gasteiger partial charge in [-0.05, 0) is 37.1 Å². The molecule has 0 aromatic heterocycles. The molecule has 1 saturated heterocycles. The monoisotopic (exact) mass is 455 g/mol. The molecule has 2 aromatic carbocycles. The maximum absolute atomic E-state index is 12.6. The number of nitrogens with one attached hydrogen (secondary N) is 2. The number of thiocarbonyl (C=S) groups is 1. The number of rotatable bonds is 6. The third-order valence-corrected chi connectivity index (χ3v) is 5.88. The average Bonchev–Trinajstić information content (AvgIpc) is 3.01. The van der Waals surface area contributed by atoms with E-state index in [2.05, 4.69) is 10.9 Å². The normalized spacial score (nSPS) is 14.7. The molecule has 3 amide bonds. The van der Waals surface area contributed by atoms with Crippen molar-refractivity contribution >= 4 is 52.1 Å². The smallest absolute Gasteiger partial charge is 0.273 e. The number of aromatic hydroxyl groups is 1. The van der Waals surface area contributed by atoms with E-state index in [0.717, 1.165) is 11.1 Å². The van der Waals surface area contributed by atoms with Gasteiger partial charge in [-0.1, -0.05) is 65.9 Å². The van der Waals surface area contributed by atoms with E-state index in [1.807, 2.05) is 31.2 Å². The van der Waals surface area contributed by atoms with Gasteiger partial charge in [-0.2, -0.15) is 0 Å². The number of para-hydroxylation sites is 1. The molecule has 3 rings (SSSR count). The number of hydrazine groups is 1. The first-order valence-electron chi connectivity index (χ1n) is 9.54. The zero-order chi connectivity index (χ0) is 22.4. The number of nitrogens with zero attached hydrogens (tertiary/aromatic N) is 1. The van der Waals surface area contributed by atoms with Gasteiger partial charge in [0.2, 0.25) is 5.91 Å². The molecule has 0 saturated carbocycles. The van der Waals surface area contributed by atoms with Gasteiger partial charge < -0.3 is 5.11 Å². The summed E-state index contributed by atoms with van der Waals surface area (Å²) in [4.78, 5) is 38.6. The van der Waals surface area contributed by atoms with E-state index in [0.29, 0.717) is 22.2 Å². The molecule has 7 nitrogen and oxygen atoms in total. The predicted molar refractivity (Wildman–Crippen MR) is 124 cm³/mol. The van der Waals surface area contributed by atoms with Crippen molar-refractivity contribution in [3.63, 3.8) is 0 Å². The molecule has 0 atom stereocenters. The number of carbonyl (C=O) groups excluding carboxylic acids is 3. The first-order chi connectivity index (χ1) is 14.8. The van der Waals surface area contributed by atoms with Crippen LogP contribution in [0.4, 0.5) is 0 Å². The number of aryl methyl sites for hydroxylation is 1. The molecule has 0 bridgehead atoms. The van der Waals surface area contributed by atoms with Crippen molar-refractivity contribution in [3.05, 3.63) is 70.1 Å². The summed E-state index contributed by atoms with van der Waals surface area (Å²) in [6.07, 6.45) is 2.28. The summed E-state index contributed by atoms with van der Waals surface area (Å²) < 4.78 is 0.455. The molecule has 2 aromatic rings. The fourth-order valence-corrected chi connectivity index (χ4v) is 4.14. The largest absolute Gasteiger partial charge is 0.507 e. The van der Waals surface area contributed by atoms with E-state index in [1.54, 1.807) is 18.2 Å². The van der Waals surface area contributed by atoms with Crippen LogP contribution < -0.4 is 10.9 Å². The maximum atomic E-state index is 12.6. The number of phenols is 1. The van der Waals surface area contributed by atoms with Gasteiger partial charge in [-0.25, -0.2) is 0 Å². The van der Waals surface area contributed by atoms with Crippen molar-refractivity contribution in [2.75, 3.05) is 6.54 Å². The van der Waals surface area contributed by atoms with Crippen LogP contribution in [0, 0.1) is 6.92 Å². The molecule has 1 heterocycles. The summed E-state index contributed by atoms with van der Waals surface area (Å²) in [5.41, 5.74) is 6.67. The van der Waals surface area contributed by atoms with Crippen LogP contribution in [0.2, 0.25) is 0 Å². The summed E-state index contributed by atoms with van der Waals surface area (Å²) in [5.74, 6) is -1.39. The molecular formula is C22H21N3O4S2. The zero-order valence-electron chi connectivity index (χ0n) is 16.8. The van der Waals surface area contributed by atoms with Gasteiger partial charge in [0.05, 0.1) is 10.5 Å². The van der Waals surface area contributed by atoms with E-state index >= 15 is 0 Å². The van der Waals surface area contributed by atoms with E-state index in [4.69, 9.17) is 12.2 Å². The standard InChI is InChI=1S/C22H21N3O4S2/c1-14-8-10-15(11-9-14)13-18-21(29)25(22(30)31-18)12-4-7-19(27)23-24-20(28)16-5-2-3-6-17(16)26/h2-3,5-6,8-11,13,26H,4,7,12H2,1H3,(H,23,27)(H,24,28)/b18-13+. The van der Waals surface area contributed by atoms with Gasteiger partial charge in [0.25, 0.3) is 11.8 Å². The second-order valence-electron chi connectivity index (χ2n) is 6.87. The van der Waals surface area contributed by atoms with Crippen LogP contribution in [-0.4, -0.2) is 38.6 Å². The summed E-state index contributed by atoms with van der Waals surface area (Å²) in [7, 11) is 0. The molecule has 1 aliphatic heterocycles. The molecule has 9 heteroatoms. The number of phenolic OH excluding ortho intramolecular Hbond substituents is 1. The lowest BCUT2D eigenvalue weighted by molar-refractivity contribution is -0.124. The second kappa shape index (κ2) is 10.2. The van der Waals surface area contributed by atoms with Crippen molar-refractivity contribution in [3.8, 4) is 5.75 Å². The van der Waals surface area contributed by atoms with Crippen LogP contribution in [-0.2, 0) is 9.59 Å². The van der Waals surface area contributed by atoms with Crippen molar-refractivity contribution in [1.29, 1.82) is 0 Å². The van der Waals surface area contributed by atoms with Gasteiger partial charge in [-0.15, -0.1) is 0 Å². The average molecular weight is 456 g/mol. The Morgan fingerprint density at radius 1 is 1.13 bits per heavy atom. The van der Waals surface area contributed by atoms with Crippen molar-refractivity contribution < 1.29 is 19.5 Å². The minimum absolute atomic E-state index is 0.0562. The third-order valence-electron chi connectivity index (χ3n) is 4.50. The SMILES string of the molecule is Cc1ccc(/C=C2/SC(=S)N(CCCC(=O)NNC(=O)c3ccccc3O)C2=O)cc1. The first-order valence-corrected chi connectivity index (χ1v) is 10.8. The van der Waals surface area contributed by atoms with Crippen molar-refractivity contribution in [2.45, 2.75) is 19.8 Å². The Morgan fingerprint density at radius 3 is 2.55 bits per heavy atom. The molecule has 1 aliphatic rings. The van der Waals surface area contributed by atoms with Crippen molar-refractivity contribution in [1.82, 2.24) is 15.8 Å². The van der Waals surface area contributed by atoms with E-state index < -0.39 is 11.8 Å². The summed E-state index contributed by atoms with van der Waals surface area (Å²) in [6, 6.07) is 13.8. The zero-order valence-corrected chi connectivity index (χ0v) is 18.4. The maximum Gasteiger partial charge on any atom is 0.273 e. The number of amides is 3. The molecule has 0 aliphatic carbocycles. The number of hydrogen-bond acceptors (Lipinski definition) is 6. The fourth-order valence-electron chi connectivity index (χ4n) is 2.83. The van der Waals surface area contributed by atoms with E-state index in [9.17, 15) is 19.5 Å². The Morgan fingerprint density at radius 2 is 1.84 bits per heavy atom. The lowest BCUT2D eigenvalue weighted by Crippen LogP contribution is -2.42. The van der Waals surface area contributed by atoms with Gasteiger partial charge in [0.15, 0.2) is 0 Å². The molecule has 0 radical (unpaired) electrons. The lowest BCUT2D eigenvalue weighted by Gasteiger charge is -2.14. The highest BCUT2D eigenvalue weighted by Gasteiger charge is 2.31. The first kappa shape index (κ1) is 22.5. The molecule has 3 N–H and O–H groups in total. The van der Waals surface area contributed by atoms with Gasteiger partial charge >= 0.3 is 0 Å². The molecular weight excluding hydrogens is 434 g/mol. The number of carbonyl (C=O) groups is 3. The second-order valence-corrected chi connectivity index (χ2v) is 8.54. The van der Waals surface area contributed by atoms with Crippen molar-refractivity contribution in [2.24, 2.45) is 0 Å². The minimum Gasteiger partial charge on any atom is -0.507 e. The number of thioether (sulfide) groups is 1. The van der Waals surface area contributed by atoms with Crippen LogP contribution in [0.25, 0.3) is 6.08 Å². The quantitative estimate of drug-likeness (QED) is 0.352. The highest BCUT2D eigenvalue weighted by molar-refractivity contribution is 8.26. The topological polar surface area (TPSA) is 98.7 Å². The van der Waals surface area contributed by atoms with Crippen LogP contribution >= 0.6 is 24.0 Å². The van der Waals surface area contributed by atoms with Crippen LogP contribution in [0.15, 0.2) is 53.4 Å². The van der Waals surface area contributed by atoms with Crippen LogP contribution in [0.3, 0.4) is 0 Å². The Labute approximate surface area is 189 Å². The fraction of sp³-hybridized carbons (Fsp3) is 0.182.